The third-order valence-corrected chi connectivity index (χ3v) is 7.41. The Bertz CT molecular complexity index is 1470. The van der Waals surface area contributed by atoms with Crippen LogP contribution < -0.4 is 21.7 Å². The van der Waals surface area contributed by atoms with E-state index in [4.69, 9.17) is 10.7 Å². The summed E-state index contributed by atoms with van der Waals surface area (Å²) < 4.78 is 0. The molecule has 10 nitrogen and oxygen atoms in total. The number of amidine groups is 1. The second kappa shape index (κ2) is 15.2. The van der Waals surface area contributed by atoms with Gasteiger partial charge in [0.1, 0.15) is 17.5 Å². The van der Waals surface area contributed by atoms with Crippen molar-refractivity contribution in [3.05, 3.63) is 102 Å². The van der Waals surface area contributed by atoms with Crippen molar-refractivity contribution in [2.24, 2.45) is 10.7 Å². The number of aliphatic imine (C=N–C) groups is 1. The number of piperidine rings is 1. The Balaban J connectivity index is 1.46. The monoisotopic (exact) mass is 596 g/mol. The molecule has 0 aliphatic carbocycles. The van der Waals surface area contributed by atoms with Crippen molar-refractivity contribution < 1.29 is 9.59 Å². The smallest absolute Gasteiger partial charge is 0.255 e. The Morgan fingerprint density at radius 2 is 1.86 bits per heavy atom. The molecule has 0 spiro atoms. The van der Waals surface area contributed by atoms with Crippen LogP contribution in [0.5, 0.6) is 0 Å². The largest absolute Gasteiger partial charge is 0.355 e. The molecule has 4 rings (SSSR count). The summed E-state index contributed by atoms with van der Waals surface area (Å²) >= 11 is 0. The number of nitrogens with zero attached hydrogens (tertiary/aromatic N) is 4. The summed E-state index contributed by atoms with van der Waals surface area (Å²) in [5.74, 6) is 2.10. The zero-order valence-corrected chi connectivity index (χ0v) is 26.1. The fraction of sp³-hybridized carbons (Fsp3) is 0.324. The predicted molar refractivity (Wildman–Crippen MR) is 180 cm³/mol. The van der Waals surface area contributed by atoms with Gasteiger partial charge >= 0.3 is 0 Å². The maximum atomic E-state index is 13.0. The first kappa shape index (κ1) is 32.2. The van der Waals surface area contributed by atoms with Gasteiger partial charge in [0.2, 0.25) is 5.91 Å². The van der Waals surface area contributed by atoms with Gasteiger partial charge in [0, 0.05) is 67.5 Å². The zero-order chi connectivity index (χ0) is 31.6. The average molecular weight is 597 g/mol. The first-order valence-corrected chi connectivity index (χ1v) is 15.0. The third-order valence-electron chi connectivity index (χ3n) is 7.41. The van der Waals surface area contributed by atoms with Gasteiger partial charge in [-0.1, -0.05) is 31.7 Å². The van der Waals surface area contributed by atoms with Crippen molar-refractivity contribution in [1.82, 2.24) is 14.7 Å². The fourth-order valence-corrected chi connectivity index (χ4v) is 5.02. The number of anilines is 3. The van der Waals surface area contributed by atoms with Crippen molar-refractivity contribution in [3.63, 3.8) is 0 Å². The van der Waals surface area contributed by atoms with Crippen molar-refractivity contribution in [1.29, 1.82) is 0 Å². The molecule has 2 aromatic carbocycles. The molecule has 1 atom stereocenters. The number of nitrogens with two attached hydrogens (primary N) is 1. The van der Waals surface area contributed by atoms with Gasteiger partial charge in [-0.2, -0.15) is 0 Å². The minimum atomic E-state index is -0.250. The molecule has 44 heavy (non-hydrogen) atoms. The minimum absolute atomic E-state index is 0.124. The van der Waals surface area contributed by atoms with E-state index in [0.717, 1.165) is 61.1 Å². The van der Waals surface area contributed by atoms with Crippen LogP contribution in [0.3, 0.4) is 0 Å². The molecular formula is C34H44N8O2. The minimum Gasteiger partial charge on any atom is -0.355 e. The molecule has 2 heterocycles. The molecule has 0 saturated carbocycles. The number of allylic oxidation sites excluding steroid dienone is 2. The molecule has 2 aliphatic heterocycles. The number of benzene rings is 2. The molecular weight excluding hydrogens is 552 g/mol. The molecule has 1 unspecified atom stereocenters. The van der Waals surface area contributed by atoms with E-state index < -0.39 is 0 Å². The second-order valence-corrected chi connectivity index (χ2v) is 11.2. The van der Waals surface area contributed by atoms with E-state index in [-0.39, 0.29) is 17.9 Å². The molecule has 2 amide bonds. The van der Waals surface area contributed by atoms with Crippen LogP contribution in [-0.2, 0) is 4.79 Å². The van der Waals surface area contributed by atoms with Crippen LogP contribution in [0.4, 0.5) is 17.1 Å². The zero-order valence-electron chi connectivity index (χ0n) is 26.1. The van der Waals surface area contributed by atoms with Gasteiger partial charge in [-0.25, -0.2) is 4.99 Å². The van der Waals surface area contributed by atoms with Gasteiger partial charge in [-0.3, -0.25) is 9.59 Å². The maximum absolute atomic E-state index is 13.0. The highest BCUT2D eigenvalue weighted by Gasteiger charge is 2.25. The van der Waals surface area contributed by atoms with E-state index in [0.29, 0.717) is 23.5 Å². The first-order valence-electron chi connectivity index (χ1n) is 15.0. The number of likely N-dealkylation sites (tertiary alicyclic amines) is 1. The topological polar surface area (TPSA) is 118 Å². The molecule has 0 radical (unpaired) electrons. The summed E-state index contributed by atoms with van der Waals surface area (Å²) in [4.78, 5) is 36.4. The van der Waals surface area contributed by atoms with Crippen molar-refractivity contribution >= 4 is 34.7 Å². The number of hydrogen-bond donors (Lipinski definition) is 4. The highest BCUT2D eigenvalue weighted by Crippen LogP contribution is 2.27. The number of carbonyl (C=O) groups is 2. The summed E-state index contributed by atoms with van der Waals surface area (Å²) in [5, 5.41) is 9.30. The lowest BCUT2D eigenvalue weighted by Gasteiger charge is -2.36. The van der Waals surface area contributed by atoms with Crippen molar-refractivity contribution in [3.8, 4) is 0 Å². The number of likely N-dealkylation sites (N-methyl/N-ethyl adjacent to an activating group) is 1. The molecule has 2 aromatic rings. The number of nitrogens with one attached hydrogen (secondary N) is 3. The lowest BCUT2D eigenvalue weighted by atomic mass is 10.1. The van der Waals surface area contributed by atoms with E-state index in [1.165, 1.54) is 6.08 Å². The van der Waals surface area contributed by atoms with Crippen LogP contribution in [0.2, 0.25) is 0 Å². The van der Waals surface area contributed by atoms with Crippen molar-refractivity contribution in [2.45, 2.75) is 32.2 Å². The van der Waals surface area contributed by atoms with E-state index in [9.17, 15) is 9.59 Å². The molecule has 5 N–H and O–H groups in total. The molecule has 0 aromatic heterocycles. The summed E-state index contributed by atoms with van der Waals surface area (Å²) in [7, 11) is 5.85. The van der Waals surface area contributed by atoms with Gasteiger partial charge in [-0.15, -0.1) is 0 Å². The van der Waals surface area contributed by atoms with Crippen LogP contribution in [0.15, 0.2) is 102 Å². The van der Waals surface area contributed by atoms with Crippen LogP contribution in [0.25, 0.3) is 0 Å². The highest BCUT2D eigenvalue weighted by atomic mass is 16.2. The van der Waals surface area contributed by atoms with Gasteiger partial charge in [0.15, 0.2) is 0 Å². The Hall–Kier alpha value is -4.67. The van der Waals surface area contributed by atoms with Gasteiger partial charge < -0.3 is 36.4 Å². The van der Waals surface area contributed by atoms with Gasteiger partial charge in [0.25, 0.3) is 5.91 Å². The molecule has 1 fully saturated rings. The Morgan fingerprint density at radius 3 is 2.55 bits per heavy atom. The lowest BCUT2D eigenvalue weighted by Crippen LogP contribution is -2.46. The summed E-state index contributed by atoms with van der Waals surface area (Å²) in [5.41, 5.74) is 9.89. The van der Waals surface area contributed by atoms with Gasteiger partial charge in [0.05, 0.1) is 0 Å². The molecule has 10 heteroatoms. The second-order valence-electron chi connectivity index (χ2n) is 11.2. The van der Waals surface area contributed by atoms with Gasteiger partial charge in [-0.05, 0) is 81.4 Å². The Labute approximate surface area is 260 Å². The highest BCUT2D eigenvalue weighted by molar-refractivity contribution is 6.05. The molecule has 1 saturated heterocycles. The van der Waals surface area contributed by atoms with E-state index in [1.54, 1.807) is 30.3 Å². The quantitative estimate of drug-likeness (QED) is 0.291. The van der Waals surface area contributed by atoms with E-state index in [1.807, 2.05) is 67.4 Å². The Morgan fingerprint density at radius 1 is 1.11 bits per heavy atom. The maximum Gasteiger partial charge on any atom is 0.255 e. The molecule has 0 bridgehead atoms. The third kappa shape index (κ3) is 8.68. The number of hydrogen-bond acceptors (Lipinski definition) is 8. The summed E-state index contributed by atoms with van der Waals surface area (Å²) in [6, 6.07) is 14.5. The average Bonchev–Trinajstić information content (AvgIpc) is 3.00. The number of rotatable bonds is 10. The normalized spacial score (nSPS) is 18.1. The Kier molecular flexibility index (Phi) is 11.1. The number of carbonyl (C=O) groups excluding carboxylic acids is 2. The van der Waals surface area contributed by atoms with Crippen LogP contribution in [0.1, 0.15) is 36.5 Å². The summed E-state index contributed by atoms with van der Waals surface area (Å²) in [6.45, 7) is 8.45. The van der Waals surface area contributed by atoms with Crippen LogP contribution in [0, 0.1) is 0 Å². The van der Waals surface area contributed by atoms with Crippen molar-refractivity contribution in [2.75, 3.05) is 56.7 Å². The van der Waals surface area contributed by atoms with E-state index in [2.05, 4.69) is 34.4 Å². The molecule has 232 valence electrons. The fourth-order valence-electron chi connectivity index (χ4n) is 5.02. The lowest BCUT2D eigenvalue weighted by molar-refractivity contribution is -0.111. The van der Waals surface area contributed by atoms with Crippen LogP contribution in [-0.4, -0.2) is 79.2 Å². The SMILES string of the molecule is C=C/C(CC)=C1/N=C(N2CCCC(N)C2)C=C(Nc2cccc(NC(=O)c3ccc(NC(=O)/C=C/CN(C)C)cc3)c2)N1C. The predicted octanol–water partition coefficient (Wildman–Crippen LogP) is 4.82. The standard InChI is InChI=1S/C34H44N8O2/c1-6-24(7-2)33-39-31(42-20-9-11-26(35)23-42)22-30(41(33)5)36-28-12-8-13-29(21-28)38-34(44)25-15-17-27(18-16-25)37-32(43)14-10-19-40(3)4/h6,8,10,12-18,21-22,26,36H,1,7,9,11,19-20,23,35H2,2-5H3,(H,37,43)(H,38,44)/b14-10+,33-24+. The number of amides is 2. The van der Waals surface area contributed by atoms with E-state index >= 15 is 0 Å². The van der Waals surface area contributed by atoms with Crippen LogP contribution >= 0.6 is 0 Å². The molecule has 2 aliphatic rings. The summed E-state index contributed by atoms with van der Waals surface area (Å²) in [6.07, 6.45) is 10.0. The first-order chi connectivity index (χ1) is 21.2.